The van der Waals surface area contributed by atoms with Gasteiger partial charge >= 0.3 is 0 Å². The van der Waals surface area contributed by atoms with Gasteiger partial charge in [0.25, 0.3) is 0 Å². The van der Waals surface area contributed by atoms with Gasteiger partial charge in [0.15, 0.2) is 5.78 Å². The van der Waals surface area contributed by atoms with Crippen LogP contribution in [0.15, 0.2) is 73.1 Å². The van der Waals surface area contributed by atoms with E-state index in [0.717, 1.165) is 34.4 Å². The number of nitrogens with two attached hydrogens (primary N) is 1. The Morgan fingerprint density at radius 3 is 1.73 bits per heavy atom. The molecule has 1 aliphatic carbocycles. The molecule has 4 rings (SSSR count). The molecule has 2 aromatic carbocycles. The molecule has 2 N–H and O–H groups in total. The van der Waals surface area contributed by atoms with E-state index in [2.05, 4.69) is 4.98 Å². The van der Waals surface area contributed by atoms with Crippen LogP contribution in [0.25, 0.3) is 0 Å². The van der Waals surface area contributed by atoms with Crippen molar-refractivity contribution in [3.8, 4) is 0 Å². The van der Waals surface area contributed by atoms with Crippen LogP contribution < -0.4 is 5.73 Å². The smallest absolute Gasteiger partial charge is 0.193 e. The molecule has 0 radical (unpaired) electrons. The lowest BCUT2D eigenvalue weighted by atomic mass is 9.85. The molecule has 3 aromatic rings. The minimum atomic E-state index is 0.160. The number of aromatic nitrogens is 1. The topological polar surface area (TPSA) is 56.0 Å². The third-order valence-electron chi connectivity index (χ3n) is 3.61. The number of benzene rings is 2. The second-order valence-corrected chi connectivity index (χ2v) is 5.10. The molecule has 0 bridgehead atoms. The second-order valence-electron chi connectivity index (χ2n) is 5.10. The summed E-state index contributed by atoms with van der Waals surface area (Å²) in [4.78, 5) is 15.9. The highest BCUT2D eigenvalue weighted by Gasteiger charge is 2.21. The summed E-state index contributed by atoms with van der Waals surface area (Å²) >= 11 is 0. The van der Waals surface area contributed by atoms with Gasteiger partial charge in [0.05, 0.1) is 0 Å². The Balaban J connectivity index is 0.000000174. The first-order chi connectivity index (χ1) is 10.8. The van der Waals surface area contributed by atoms with E-state index in [9.17, 15) is 4.79 Å². The molecule has 3 nitrogen and oxygen atoms in total. The molecule has 1 heterocycles. The van der Waals surface area contributed by atoms with Gasteiger partial charge in [-0.2, -0.15) is 0 Å². The van der Waals surface area contributed by atoms with E-state index in [1.165, 1.54) is 0 Å². The third kappa shape index (κ3) is 2.88. The van der Waals surface area contributed by atoms with Gasteiger partial charge in [-0.3, -0.25) is 9.78 Å². The Morgan fingerprint density at radius 2 is 1.27 bits per heavy atom. The maximum atomic E-state index is 12.1. The Kier molecular flexibility index (Phi) is 3.97. The van der Waals surface area contributed by atoms with Crippen LogP contribution in [0.2, 0.25) is 0 Å². The van der Waals surface area contributed by atoms with Crippen molar-refractivity contribution in [2.45, 2.75) is 6.42 Å². The van der Waals surface area contributed by atoms with E-state index in [1.54, 1.807) is 24.5 Å². The van der Waals surface area contributed by atoms with Crippen LogP contribution in [0.4, 0.5) is 5.69 Å². The Bertz CT molecular complexity index is 750. The maximum Gasteiger partial charge on any atom is 0.193 e. The van der Waals surface area contributed by atoms with Gasteiger partial charge in [0, 0.05) is 29.2 Å². The number of hydrogen-bond donors (Lipinski definition) is 1. The Morgan fingerprint density at radius 1 is 0.773 bits per heavy atom. The number of carbonyl (C=O) groups excluding carboxylic acids is 1. The molecular formula is C19H16N2O. The Labute approximate surface area is 129 Å². The second kappa shape index (κ2) is 6.22. The normalized spacial score (nSPS) is 11.7. The molecule has 0 atom stereocenters. The van der Waals surface area contributed by atoms with Gasteiger partial charge in [-0.15, -0.1) is 0 Å². The fraction of sp³-hybridized carbons (Fsp3) is 0.0526. The number of rotatable bonds is 0. The van der Waals surface area contributed by atoms with Crippen molar-refractivity contribution in [3.05, 3.63) is 95.3 Å². The van der Waals surface area contributed by atoms with Crippen molar-refractivity contribution in [1.82, 2.24) is 4.98 Å². The lowest BCUT2D eigenvalue weighted by Gasteiger charge is -2.17. The number of anilines is 1. The van der Waals surface area contributed by atoms with E-state index in [-0.39, 0.29) is 5.78 Å². The minimum absolute atomic E-state index is 0.160. The van der Waals surface area contributed by atoms with E-state index < -0.39 is 0 Å². The molecule has 3 heteroatoms. The zero-order chi connectivity index (χ0) is 15.4. The predicted molar refractivity (Wildman–Crippen MR) is 87.8 cm³/mol. The molecule has 0 fully saturated rings. The molecule has 0 spiro atoms. The summed E-state index contributed by atoms with van der Waals surface area (Å²) in [5.41, 5.74) is 10.1. The highest BCUT2D eigenvalue weighted by molar-refractivity contribution is 6.12. The van der Waals surface area contributed by atoms with Crippen molar-refractivity contribution in [2.24, 2.45) is 0 Å². The van der Waals surface area contributed by atoms with Gasteiger partial charge < -0.3 is 5.73 Å². The number of pyridine rings is 1. The van der Waals surface area contributed by atoms with E-state index in [1.807, 2.05) is 48.5 Å². The van der Waals surface area contributed by atoms with Crippen LogP contribution in [0.1, 0.15) is 27.0 Å². The standard InChI is InChI=1S/C14H10O.C5H6N2/c15-14-12-7-3-1-5-10(12)9-11-6-2-4-8-13(11)14;6-5-1-3-7-4-2-5/h1-8H,9H2;1-4H,(H2,6,7). The quantitative estimate of drug-likeness (QED) is 0.539. The van der Waals surface area contributed by atoms with E-state index in [0.29, 0.717) is 0 Å². The van der Waals surface area contributed by atoms with E-state index in [4.69, 9.17) is 5.73 Å². The molecule has 1 aromatic heterocycles. The third-order valence-corrected chi connectivity index (χ3v) is 3.61. The van der Waals surface area contributed by atoms with Crippen LogP contribution in [0, 0.1) is 0 Å². The summed E-state index contributed by atoms with van der Waals surface area (Å²) in [6.45, 7) is 0. The summed E-state index contributed by atoms with van der Waals surface area (Å²) in [6.07, 6.45) is 4.20. The molecule has 1 aliphatic rings. The zero-order valence-corrected chi connectivity index (χ0v) is 12.1. The average Bonchev–Trinajstić information content (AvgIpc) is 2.57. The number of hydrogen-bond acceptors (Lipinski definition) is 3. The Hall–Kier alpha value is -2.94. The summed E-state index contributed by atoms with van der Waals surface area (Å²) in [5, 5.41) is 0. The molecule has 0 saturated carbocycles. The number of fused-ring (bicyclic) bond motifs is 2. The summed E-state index contributed by atoms with van der Waals surface area (Å²) < 4.78 is 0. The molecule has 0 amide bonds. The van der Waals surface area contributed by atoms with Crippen molar-refractivity contribution in [2.75, 3.05) is 5.73 Å². The van der Waals surface area contributed by atoms with E-state index >= 15 is 0 Å². The van der Waals surface area contributed by atoms with Crippen molar-refractivity contribution in [3.63, 3.8) is 0 Å². The first kappa shape index (κ1) is 14.0. The van der Waals surface area contributed by atoms with Gasteiger partial charge in [-0.05, 0) is 29.7 Å². The molecule has 0 aliphatic heterocycles. The zero-order valence-electron chi connectivity index (χ0n) is 12.1. The molecule has 0 saturated heterocycles. The lowest BCUT2D eigenvalue weighted by molar-refractivity contribution is 0.103. The first-order valence-corrected chi connectivity index (χ1v) is 7.12. The summed E-state index contributed by atoms with van der Waals surface area (Å²) in [5.74, 6) is 0.160. The fourth-order valence-electron chi connectivity index (χ4n) is 2.51. The number of ketones is 1. The molecule has 0 unspecified atom stereocenters. The summed E-state index contributed by atoms with van der Waals surface area (Å²) in [7, 11) is 0. The molecule has 22 heavy (non-hydrogen) atoms. The van der Waals surface area contributed by atoms with Crippen molar-refractivity contribution >= 4 is 11.5 Å². The lowest BCUT2D eigenvalue weighted by Crippen LogP contribution is -2.14. The van der Waals surface area contributed by atoms with Crippen LogP contribution in [0.3, 0.4) is 0 Å². The van der Waals surface area contributed by atoms with Crippen LogP contribution in [-0.2, 0) is 6.42 Å². The van der Waals surface area contributed by atoms with Crippen LogP contribution in [-0.4, -0.2) is 10.8 Å². The van der Waals surface area contributed by atoms with Gasteiger partial charge in [-0.25, -0.2) is 0 Å². The fourth-order valence-corrected chi connectivity index (χ4v) is 2.51. The van der Waals surface area contributed by atoms with Crippen LogP contribution in [0.5, 0.6) is 0 Å². The highest BCUT2D eigenvalue weighted by atomic mass is 16.1. The first-order valence-electron chi connectivity index (χ1n) is 7.12. The number of nitrogen functional groups attached to an aromatic ring is 1. The summed E-state index contributed by atoms with van der Waals surface area (Å²) in [6, 6.07) is 19.2. The molecular weight excluding hydrogens is 272 g/mol. The molecule has 108 valence electrons. The number of nitrogens with zero attached hydrogens (tertiary/aromatic N) is 1. The predicted octanol–water partition coefficient (Wildman–Crippen LogP) is 3.49. The SMILES string of the molecule is Nc1ccncc1.O=C1c2ccccc2Cc2ccccc21. The van der Waals surface area contributed by atoms with Gasteiger partial charge in [-0.1, -0.05) is 48.5 Å². The number of carbonyl (C=O) groups is 1. The monoisotopic (exact) mass is 288 g/mol. The highest BCUT2D eigenvalue weighted by Crippen LogP contribution is 2.26. The average molecular weight is 288 g/mol. The van der Waals surface area contributed by atoms with Crippen molar-refractivity contribution in [1.29, 1.82) is 0 Å². The largest absolute Gasteiger partial charge is 0.399 e. The van der Waals surface area contributed by atoms with Crippen molar-refractivity contribution < 1.29 is 4.79 Å². The maximum absolute atomic E-state index is 12.1. The van der Waals surface area contributed by atoms with Gasteiger partial charge in [0.1, 0.15) is 0 Å². The van der Waals surface area contributed by atoms with Gasteiger partial charge in [0.2, 0.25) is 0 Å². The van der Waals surface area contributed by atoms with Crippen LogP contribution >= 0.6 is 0 Å². The minimum Gasteiger partial charge on any atom is -0.399 e.